The van der Waals surface area contributed by atoms with Crippen molar-refractivity contribution >= 4 is 0 Å². The van der Waals surface area contributed by atoms with Crippen molar-refractivity contribution in [1.29, 1.82) is 0 Å². The van der Waals surface area contributed by atoms with Crippen LogP contribution in [-0.4, -0.2) is 69.3 Å². The molecule has 1 heterocycles. The molecule has 1 atom stereocenters. The van der Waals surface area contributed by atoms with E-state index in [-0.39, 0.29) is 0 Å². The van der Waals surface area contributed by atoms with Crippen molar-refractivity contribution in [2.24, 2.45) is 0 Å². The molecular formula is C19H33N3O. The van der Waals surface area contributed by atoms with Crippen LogP contribution in [0.15, 0.2) is 24.3 Å². The summed E-state index contributed by atoms with van der Waals surface area (Å²) in [6.45, 7) is 9.52. The molecule has 1 N–H and O–H groups in total. The smallest absolute Gasteiger partial charge is 0.118 e. The van der Waals surface area contributed by atoms with Gasteiger partial charge in [-0.15, -0.1) is 0 Å². The minimum Gasteiger partial charge on any atom is -0.497 e. The van der Waals surface area contributed by atoms with Gasteiger partial charge in [0.15, 0.2) is 0 Å². The van der Waals surface area contributed by atoms with E-state index >= 15 is 0 Å². The zero-order chi connectivity index (χ0) is 16.5. The van der Waals surface area contributed by atoms with E-state index in [9.17, 15) is 0 Å². The number of piperazine rings is 1. The molecule has 0 radical (unpaired) electrons. The Kier molecular flexibility index (Phi) is 7.86. The highest BCUT2D eigenvalue weighted by Crippen LogP contribution is 2.13. The highest BCUT2D eigenvalue weighted by molar-refractivity contribution is 5.27. The third-order valence-electron chi connectivity index (χ3n) is 4.76. The van der Waals surface area contributed by atoms with Gasteiger partial charge in [0.2, 0.25) is 0 Å². The first-order valence-corrected chi connectivity index (χ1v) is 8.94. The van der Waals surface area contributed by atoms with E-state index < -0.39 is 0 Å². The van der Waals surface area contributed by atoms with Crippen LogP contribution in [0.3, 0.4) is 0 Å². The van der Waals surface area contributed by atoms with Crippen LogP contribution in [0.4, 0.5) is 0 Å². The van der Waals surface area contributed by atoms with E-state index in [1.54, 1.807) is 7.11 Å². The van der Waals surface area contributed by atoms with Gasteiger partial charge in [-0.3, -0.25) is 0 Å². The predicted octanol–water partition coefficient (Wildman–Crippen LogP) is 2.24. The Morgan fingerprint density at radius 2 is 1.83 bits per heavy atom. The minimum atomic E-state index is 0.574. The normalized spacial score (nSPS) is 18.0. The van der Waals surface area contributed by atoms with Gasteiger partial charge in [0.05, 0.1) is 7.11 Å². The molecule has 0 aromatic heterocycles. The van der Waals surface area contributed by atoms with Crippen molar-refractivity contribution in [3.05, 3.63) is 29.8 Å². The van der Waals surface area contributed by atoms with Crippen molar-refractivity contribution in [1.82, 2.24) is 15.1 Å². The first-order valence-electron chi connectivity index (χ1n) is 8.94. The van der Waals surface area contributed by atoms with Gasteiger partial charge < -0.3 is 19.9 Å². The molecule has 1 aliphatic heterocycles. The third-order valence-corrected chi connectivity index (χ3v) is 4.76. The van der Waals surface area contributed by atoms with Crippen molar-refractivity contribution in [3.63, 3.8) is 0 Å². The molecule has 1 fully saturated rings. The summed E-state index contributed by atoms with van der Waals surface area (Å²) in [5.41, 5.74) is 1.39. The summed E-state index contributed by atoms with van der Waals surface area (Å²) in [5, 5.41) is 3.66. The van der Waals surface area contributed by atoms with E-state index in [0.717, 1.165) is 18.7 Å². The molecule has 4 heteroatoms. The molecular weight excluding hydrogens is 286 g/mol. The summed E-state index contributed by atoms with van der Waals surface area (Å²) in [4.78, 5) is 5.00. The molecule has 23 heavy (non-hydrogen) atoms. The summed E-state index contributed by atoms with van der Waals surface area (Å²) in [6, 6.07) is 9.00. The second-order valence-corrected chi connectivity index (χ2v) is 6.74. The lowest BCUT2D eigenvalue weighted by Gasteiger charge is -2.32. The van der Waals surface area contributed by atoms with Crippen LogP contribution in [0, 0.1) is 0 Å². The summed E-state index contributed by atoms with van der Waals surface area (Å²) in [5.74, 6) is 0.934. The summed E-state index contributed by atoms with van der Waals surface area (Å²) in [7, 11) is 3.92. The molecule has 130 valence electrons. The maximum atomic E-state index is 5.20. The van der Waals surface area contributed by atoms with Crippen LogP contribution in [0.5, 0.6) is 5.75 Å². The molecule has 1 saturated heterocycles. The fraction of sp³-hybridized carbons (Fsp3) is 0.684. The number of nitrogens with zero attached hydrogens (tertiary/aromatic N) is 2. The Morgan fingerprint density at radius 1 is 1.13 bits per heavy atom. The monoisotopic (exact) mass is 319 g/mol. The van der Waals surface area contributed by atoms with Crippen molar-refractivity contribution in [3.8, 4) is 5.75 Å². The Morgan fingerprint density at radius 3 is 2.48 bits per heavy atom. The van der Waals surface area contributed by atoms with Crippen LogP contribution < -0.4 is 10.1 Å². The maximum Gasteiger partial charge on any atom is 0.118 e. The first kappa shape index (κ1) is 18.2. The number of benzene rings is 1. The van der Waals surface area contributed by atoms with Crippen molar-refractivity contribution in [2.75, 3.05) is 53.4 Å². The van der Waals surface area contributed by atoms with Crippen molar-refractivity contribution < 1.29 is 4.74 Å². The minimum absolute atomic E-state index is 0.574. The summed E-state index contributed by atoms with van der Waals surface area (Å²) in [6.07, 6.45) is 3.55. The fourth-order valence-corrected chi connectivity index (χ4v) is 3.00. The molecule has 0 aliphatic carbocycles. The van der Waals surface area contributed by atoms with Gasteiger partial charge in [-0.2, -0.15) is 0 Å². The lowest BCUT2D eigenvalue weighted by atomic mass is 10.1. The molecule has 1 unspecified atom stereocenters. The van der Waals surface area contributed by atoms with E-state index in [4.69, 9.17) is 4.74 Å². The maximum absolute atomic E-state index is 5.20. The van der Waals surface area contributed by atoms with Crippen LogP contribution in [-0.2, 0) is 6.42 Å². The van der Waals surface area contributed by atoms with Gasteiger partial charge in [-0.25, -0.2) is 0 Å². The quantitative estimate of drug-likeness (QED) is 0.707. The molecule has 0 amide bonds. The topological polar surface area (TPSA) is 27.7 Å². The van der Waals surface area contributed by atoms with E-state index in [1.807, 2.05) is 12.1 Å². The fourth-order valence-electron chi connectivity index (χ4n) is 3.00. The third kappa shape index (κ3) is 6.90. The Bertz CT molecular complexity index is 427. The number of hydrogen-bond acceptors (Lipinski definition) is 4. The molecule has 0 bridgehead atoms. The Labute approximate surface area is 141 Å². The molecule has 1 aliphatic rings. The Hall–Kier alpha value is -1.10. The number of ether oxygens (including phenoxy) is 1. The number of methoxy groups -OCH3 is 1. The molecule has 2 rings (SSSR count). The zero-order valence-electron chi connectivity index (χ0n) is 15.1. The number of hydrogen-bond donors (Lipinski definition) is 1. The van der Waals surface area contributed by atoms with Gasteiger partial charge in [-0.05, 0) is 64.0 Å². The SMILES string of the molecule is COc1ccc(CCC(C)NCCCN2CCN(C)CC2)cc1. The first-order chi connectivity index (χ1) is 11.2. The summed E-state index contributed by atoms with van der Waals surface area (Å²) < 4.78 is 5.20. The number of aryl methyl sites for hydroxylation is 1. The molecule has 0 spiro atoms. The highest BCUT2D eigenvalue weighted by atomic mass is 16.5. The molecule has 0 saturated carbocycles. The van der Waals surface area contributed by atoms with Gasteiger partial charge in [0.25, 0.3) is 0 Å². The van der Waals surface area contributed by atoms with E-state index in [1.165, 1.54) is 51.1 Å². The van der Waals surface area contributed by atoms with Crippen LogP contribution in [0.1, 0.15) is 25.3 Å². The molecule has 4 nitrogen and oxygen atoms in total. The van der Waals surface area contributed by atoms with Crippen LogP contribution in [0.2, 0.25) is 0 Å². The second kappa shape index (κ2) is 9.91. The molecule has 1 aromatic rings. The average Bonchev–Trinajstić information content (AvgIpc) is 2.59. The van der Waals surface area contributed by atoms with Gasteiger partial charge in [0.1, 0.15) is 5.75 Å². The van der Waals surface area contributed by atoms with Gasteiger partial charge in [0, 0.05) is 32.2 Å². The largest absolute Gasteiger partial charge is 0.497 e. The second-order valence-electron chi connectivity index (χ2n) is 6.74. The highest BCUT2D eigenvalue weighted by Gasteiger charge is 2.12. The zero-order valence-corrected chi connectivity index (χ0v) is 15.1. The van der Waals surface area contributed by atoms with Crippen molar-refractivity contribution in [2.45, 2.75) is 32.2 Å². The number of likely N-dealkylation sites (N-methyl/N-ethyl adjacent to an activating group) is 1. The standard InChI is InChI=1S/C19H33N3O/c1-17(5-6-18-7-9-19(23-3)10-8-18)20-11-4-12-22-15-13-21(2)14-16-22/h7-10,17,20H,4-6,11-16H2,1-3H3. The van der Waals surface area contributed by atoms with Crippen LogP contribution >= 0.6 is 0 Å². The van der Waals surface area contributed by atoms with Gasteiger partial charge in [-0.1, -0.05) is 12.1 Å². The lowest BCUT2D eigenvalue weighted by molar-refractivity contribution is 0.152. The molecule has 1 aromatic carbocycles. The van der Waals surface area contributed by atoms with Gasteiger partial charge >= 0.3 is 0 Å². The lowest BCUT2D eigenvalue weighted by Crippen LogP contribution is -2.45. The average molecular weight is 319 g/mol. The number of nitrogens with one attached hydrogen (secondary N) is 1. The predicted molar refractivity (Wildman–Crippen MR) is 97.3 cm³/mol. The van der Waals surface area contributed by atoms with E-state index in [0.29, 0.717) is 6.04 Å². The summed E-state index contributed by atoms with van der Waals surface area (Å²) >= 11 is 0. The number of rotatable bonds is 9. The van der Waals surface area contributed by atoms with E-state index in [2.05, 4.69) is 41.2 Å². The van der Waals surface area contributed by atoms with Crippen LogP contribution in [0.25, 0.3) is 0 Å². The Balaban J connectivity index is 1.53.